The van der Waals surface area contributed by atoms with Gasteiger partial charge in [-0.05, 0) is 44.4 Å². The molecular weight excluding hydrogens is 266 g/mol. The monoisotopic (exact) mass is 287 g/mol. The number of Topliss-reactive ketones (excluding diaryl/α,β-unsaturated/α-hetero) is 1. The molecule has 0 amide bonds. The van der Waals surface area contributed by atoms with E-state index in [1.807, 2.05) is 32.0 Å². The van der Waals surface area contributed by atoms with Crippen LogP contribution in [0.5, 0.6) is 11.5 Å². The molecule has 0 aliphatic heterocycles. The maximum Gasteiger partial charge on any atom is 0.133 e. The van der Waals surface area contributed by atoms with Gasteiger partial charge in [-0.1, -0.05) is 0 Å². The second-order valence-corrected chi connectivity index (χ2v) is 5.29. The van der Waals surface area contributed by atoms with E-state index in [0.29, 0.717) is 50.4 Å². The molecule has 1 fully saturated rings. The van der Waals surface area contributed by atoms with E-state index in [9.17, 15) is 10.1 Å². The van der Waals surface area contributed by atoms with Crippen LogP contribution in [0.2, 0.25) is 0 Å². The summed E-state index contributed by atoms with van der Waals surface area (Å²) in [7, 11) is 0. The molecule has 0 bridgehead atoms. The van der Waals surface area contributed by atoms with Crippen molar-refractivity contribution in [3.8, 4) is 17.6 Å². The van der Waals surface area contributed by atoms with Crippen LogP contribution >= 0.6 is 0 Å². The maximum absolute atomic E-state index is 11.5. The minimum atomic E-state index is -0.604. The Balaban J connectivity index is 2.40. The Kier molecular flexibility index (Phi) is 4.85. The second-order valence-electron chi connectivity index (χ2n) is 5.29. The van der Waals surface area contributed by atoms with Crippen LogP contribution in [0.25, 0.3) is 0 Å². The molecule has 1 aromatic carbocycles. The minimum absolute atomic E-state index is 0.242. The van der Waals surface area contributed by atoms with Gasteiger partial charge in [-0.2, -0.15) is 5.26 Å². The molecule has 21 heavy (non-hydrogen) atoms. The zero-order valence-corrected chi connectivity index (χ0v) is 12.6. The molecule has 1 aliphatic carbocycles. The van der Waals surface area contributed by atoms with Gasteiger partial charge in [0.05, 0.1) is 24.7 Å². The van der Waals surface area contributed by atoms with E-state index in [1.54, 1.807) is 0 Å². The predicted molar refractivity (Wildman–Crippen MR) is 79.5 cm³/mol. The van der Waals surface area contributed by atoms with Crippen LogP contribution in [-0.4, -0.2) is 19.0 Å². The zero-order chi connectivity index (χ0) is 15.3. The number of hydrogen-bond donors (Lipinski definition) is 0. The Morgan fingerprint density at radius 2 is 1.62 bits per heavy atom. The number of carbonyl (C=O) groups is 1. The number of benzene rings is 1. The van der Waals surface area contributed by atoms with Crippen molar-refractivity contribution in [2.45, 2.75) is 44.9 Å². The molecule has 4 nitrogen and oxygen atoms in total. The van der Waals surface area contributed by atoms with Crippen LogP contribution in [0.3, 0.4) is 0 Å². The molecule has 0 saturated heterocycles. The second kappa shape index (κ2) is 6.62. The van der Waals surface area contributed by atoms with Crippen molar-refractivity contribution in [1.82, 2.24) is 0 Å². The van der Waals surface area contributed by atoms with E-state index in [4.69, 9.17) is 9.47 Å². The van der Waals surface area contributed by atoms with Crippen LogP contribution in [-0.2, 0) is 10.2 Å². The lowest BCUT2D eigenvalue weighted by molar-refractivity contribution is -0.120. The standard InChI is InChI=1S/C17H21NO3/c1-3-20-15-9-13(10-16(11-15)21-4-2)17(12-18)7-5-14(19)6-8-17/h9-11H,3-8H2,1-2H3. The first-order chi connectivity index (χ1) is 10.1. The minimum Gasteiger partial charge on any atom is -0.494 e. The molecule has 0 heterocycles. The summed E-state index contributed by atoms with van der Waals surface area (Å²) in [6, 6.07) is 8.09. The third-order valence-electron chi connectivity index (χ3n) is 3.93. The smallest absolute Gasteiger partial charge is 0.133 e. The molecule has 1 saturated carbocycles. The molecule has 2 rings (SSSR count). The van der Waals surface area contributed by atoms with Gasteiger partial charge in [0.1, 0.15) is 17.3 Å². The lowest BCUT2D eigenvalue weighted by atomic mass is 9.70. The number of nitriles is 1. The van der Waals surface area contributed by atoms with Crippen molar-refractivity contribution in [1.29, 1.82) is 5.26 Å². The number of rotatable bonds is 5. The molecule has 0 radical (unpaired) electrons. The number of ether oxygens (including phenoxy) is 2. The van der Waals surface area contributed by atoms with Crippen LogP contribution in [0.1, 0.15) is 45.1 Å². The molecule has 1 aliphatic rings. The Bertz CT molecular complexity index is 525. The van der Waals surface area contributed by atoms with Crippen LogP contribution in [0, 0.1) is 11.3 Å². The summed E-state index contributed by atoms with van der Waals surface area (Å²) in [6.45, 7) is 4.97. The fraction of sp³-hybridized carbons (Fsp3) is 0.529. The Morgan fingerprint density at radius 3 is 2.05 bits per heavy atom. The highest BCUT2D eigenvalue weighted by atomic mass is 16.5. The summed E-state index contributed by atoms with van der Waals surface area (Å²) < 4.78 is 11.2. The summed E-state index contributed by atoms with van der Waals surface area (Å²) in [4.78, 5) is 11.5. The molecule has 0 N–H and O–H groups in total. The van der Waals surface area contributed by atoms with E-state index in [0.717, 1.165) is 5.56 Å². The van der Waals surface area contributed by atoms with Crippen molar-refractivity contribution in [3.63, 3.8) is 0 Å². The van der Waals surface area contributed by atoms with Gasteiger partial charge in [0.25, 0.3) is 0 Å². The third kappa shape index (κ3) is 3.36. The fourth-order valence-corrected chi connectivity index (χ4v) is 2.77. The van der Waals surface area contributed by atoms with E-state index in [-0.39, 0.29) is 5.78 Å². The van der Waals surface area contributed by atoms with Gasteiger partial charge in [0.2, 0.25) is 0 Å². The summed E-state index contributed by atoms with van der Waals surface area (Å²) >= 11 is 0. The van der Waals surface area contributed by atoms with Crippen LogP contribution < -0.4 is 9.47 Å². The average Bonchev–Trinajstić information content (AvgIpc) is 2.49. The quantitative estimate of drug-likeness (QED) is 0.833. The number of hydrogen-bond acceptors (Lipinski definition) is 4. The van der Waals surface area contributed by atoms with E-state index >= 15 is 0 Å². The van der Waals surface area contributed by atoms with Gasteiger partial charge in [-0.15, -0.1) is 0 Å². The van der Waals surface area contributed by atoms with Crippen molar-refractivity contribution < 1.29 is 14.3 Å². The zero-order valence-electron chi connectivity index (χ0n) is 12.6. The topological polar surface area (TPSA) is 59.3 Å². The molecule has 0 unspecified atom stereocenters. The van der Waals surface area contributed by atoms with Gasteiger partial charge in [-0.25, -0.2) is 0 Å². The van der Waals surface area contributed by atoms with Gasteiger partial charge in [-0.3, -0.25) is 4.79 Å². The first-order valence-electron chi connectivity index (χ1n) is 7.47. The Morgan fingerprint density at radius 1 is 1.10 bits per heavy atom. The van der Waals surface area contributed by atoms with Crippen molar-refractivity contribution in [2.75, 3.05) is 13.2 Å². The maximum atomic E-state index is 11.5. The average molecular weight is 287 g/mol. The summed E-state index contributed by atoms with van der Waals surface area (Å²) in [5, 5.41) is 9.68. The van der Waals surface area contributed by atoms with Crippen molar-refractivity contribution in [3.05, 3.63) is 23.8 Å². The molecule has 1 aromatic rings. The van der Waals surface area contributed by atoms with Gasteiger partial charge >= 0.3 is 0 Å². The highest BCUT2D eigenvalue weighted by Crippen LogP contribution is 2.40. The summed E-state index contributed by atoms with van der Waals surface area (Å²) in [5.41, 5.74) is 0.291. The van der Waals surface area contributed by atoms with Crippen LogP contribution in [0.4, 0.5) is 0 Å². The predicted octanol–water partition coefficient (Wildman–Crippen LogP) is 3.39. The number of carbonyl (C=O) groups excluding carboxylic acids is 1. The third-order valence-corrected chi connectivity index (χ3v) is 3.93. The van der Waals surface area contributed by atoms with Crippen molar-refractivity contribution >= 4 is 5.78 Å². The number of nitrogens with zero attached hydrogens (tertiary/aromatic N) is 1. The summed E-state index contributed by atoms with van der Waals surface area (Å²) in [6.07, 6.45) is 2.08. The first kappa shape index (κ1) is 15.4. The normalized spacial score (nSPS) is 17.1. The highest BCUT2D eigenvalue weighted by molar-refractivity contribution is 5.80. The molecule has 0 spiro atoms. The van der Waals surface area contributed by atoms with Crippen LogP contribution in [0.15, 0.2) is 18.2 Å². The van der Waals surface area contributed by atoms with E-state index < -0.39 is 5.41 Å². The highest BCUT2D eigenvalue weighted by Gasteiger charge is 2.37. The first-order valence-corrected chi connectivity index (χ1v) is 7.47. The lowest BCUT2D eigenvalue weighted by Gasteiger charge is -2.31. The SMILES string of the molecule is CCOc1cc(OCC)cc(C2(C#N)CCC(=O)CC2)c1. The number of ketones is 1. The fourth-order valence-electron chi connectivity index (χ4n) is 2.77. The molecule has 4 heteroatoms. The van der Waals surface area contributed by atoms with Gasteiger partial charge in [0.15, 0.2) is 0 Å². The molecule has 0 aromatic heterocycles. The van der Waals surface area contributed by atoms with E-state index in [1.165, 1.54) is 0 Å². The van der Waals surface area contributed by atoms with Crippen molar-refractivity contribution in [2.24, 2.45) is 0 Å². The van der Waals surface area contributed by atoms with E-state index in [2.05, 4.69) is 6.07 Å². The Hall–Kier alpha value is -2.02. The van der Waals surface area contributed by atoms with Gasteiger partial charge in [0, 0.05) is 18.9 Å². The lowest BCUT2D eigenvalue weighted by Crippen LogP contribution is -2.30. The molecule has 0 atom stereocenters. The largest absolute Gasteiger partial charge is 0.494 e. The van der Waals surface area contributed by atoms with Gasteiger partial charge < -0.3 is 9.47 Å². The Labute approximate surface area is 125 Å². The molecular formula is C17H21NO3. The molecule has 112 valence electrons. The summed E-state index contributed by atoms with van der Waals surface area (Å²) in [5.74, 6) is 1.67.